The van der Waals surface area contributed by atoms with Crippen LogP contribution in [-0.4, -0.2) is 30.4 Å². The van der Waals surface area contributed by atoms with Crippen LogP contribution in [0.1, 0.15) is 56.9 Å². The number of ketones is 1. The molecule has 0 fully saturated rings. The molecule has 0 spiro atoms. The minimum absolute atomic E-state index is 0.0195. The fourth-order valence-corrected chi connectivity index (χ4v) is 5.39. The molecule has 1 atom stereocenters. The number of rotatable bonds is 6. The minimum atomic E-state index is -0.952. The van der Waals surface area contributed by atoms with E-state index in [0.717, 1.165) is 23.5 Å². The van der Waals surface area contributed by atoms with Gasteiger partial charge in [0.25, 0.3) is 5.91 Å². The van der Waals surface area contributed by atoms with Gasteiger partial charge in [-0.3, -0.25) is 19.3 Å². The van der Waals surface area contributed by atoms with E-state index in [9.17, 15) is 18.8 Å². The van der Waals surface area contributed by atoms with Crippen molar-refractivity contribution in [1.29, 1.82) is 0 Å². The van der Waals surface area contributed by atoms with Crippen LogP contribution in [0, 0.1) is 12.7 Å². The lowest BCUT2D eigenvalue weighted by Gasteiger charge is -2.23. The van der Waals surface area contributed by atoms with Gasteiger partial charge in [-0.1, -0.05) is 17.4 Å². The highest BCUT2D eigenvalue weighted by molar-refractivity contribution is 7.17. The Balaban J connectivity index is 1.79. The molecule has 10 heteroatoms. The normalized spacial score (nSPS) is 14.9. The average Bonchev–Trinajstić information content (AvgIpc) is 3.37. The standard InChI is InChI=1S/C26H21FN2O6S/c1-5-34-18-8-6-14(10-19(18)33-4)21-20-22(31)16-11-15(27)7-9-17(16)35-23(20)25(32)29(21)26-28-12(2)24(36-26)13(3)30/h6-11,21H,5H2,1-4H3. The molecular formula is C26H21FN2O6S. The van der Waals surface area contributed by atoms with E-state index >= 15 is 0 Å². The van der Waals surface area contributed by atoms with Crippen molar-refractivity contribution in [3.05, 3.63) is 79.9 Å². The third kappa shape index (κ3) is 3.65. The van der Waals surface area contributed by atoms with Crippen molar-refractivity contribution in [1.82, 2.24) is 4.98 Å². The molecule has 1 aliphatic heterocycles. The number of nitrogens with zero attached hydrogens (tertiary/aromatic N) is 2. The number of amides is 1. The number of aryl methyl sites for hydroxylation is 1. The van der Waals surface area contributed by atoms with Crippen LogP contribution in [0.25, 0.3) is 11.0 Å². The highest BCUT2D eigenvalue weighted by Gasteiger charge is 2.45. The summed E-state index contributed by atoms with van der Waals surface area (Å²) in [7, 11) is 1.49. The number of methoxy groups -OCH3 is 1. The number of ether oxygens (including phenoxy) is 2. The lowest BCUT2D eigenvalue weighted by Crippen LogP contribution is -2.29. The first kappa shape index (κ1) is 23.7. The Labute approximate surface area is 208 Å². The third-order valence-corrected chi connectivity index (χ3v) is 7.20. The Morgan fingerprint density at radius 1 is 1.19 bits per heavy atom. The predicted octanol–water partition coefficient (Wildman–Crippen LogP) is 5.06. The molecule has 5 rings (SSSR count). The summed E-state index contributed by atoms with van der Waals surface area (Å²) < 4.78 is 31.0. The summed E-state index contributed by atoms with van der Waals surface area (Å²) in [5, 5.41) is 0.257. The number of thiazole rings is 1. The summed E-state index contributed by atoms with van der Waals surface area (Å²) in [6, 6.07) is 7.69. The molecule has 1 aliphatic rings. The molecule has 3 heterocycles. The van der Waals surface area contributed by atoms with Gasteiger partial charge in [-0.2, -0.15) is 0 Å². The van der Waals surface area contributed by atoms with Gasteiger partial charge in [-0.05, 0) is 49.7 Å². The Morgan fingerprint density at radius 2 is 1.97 bits per heavy atom. The van der Waals surface area contributed by atoms with Crippen LogP contribution < -0.4 is 19.8 Å². The Morgan fingerprint density at radius 3 is 2.64 bits per heavy atom. The maximum absolute atomic E-state index is 14.0. The zero-order chi connectivity index (χ0) is 25.7. The van der Waals surface area contributed by atoms with Crippen molar-refractivity contribution >= 4 is 39.1 Å². The van der Waals surface area contributed by atoms with Gasteiger partial charge in [0.15, 0.2) is 27.8 Å². The largest absolute Gasteiger partial charge is 0.493 e. The van der Waals surface area contributed by atoms with Gasteiger partial charge in [0.1, 0.15) is 11.4 Å². The zero-order valence-electron chi connectivity index (χ0n) is 19.9. The van der Waals surface area contributed by atoms with Gasteiger partial charge in [0, 0.05) is 6.92 Å². The molecule has 1 unspecified atom stereocenters. The first-order chi connectivity index (χ1) is 17.2. The first-order valence-electron chi connectivity index (χ1n) is 11.1. The van der Waals surface area contributed by atoms with Crippen LogP contribution in [-0.2, 0) is 0 Å². The Bertz CT molecular complexity index is 1610. The van der Waals surface area contributed by atoms with Crippen molar-refractivity contribution < 1.29 is 27.9 Å². The van der Waals surface area contributed by atoms with Gasteiger partial charge >= 0.3 is 0 Å². The van der Waals surface area contributed by atoms with E-state index < -0.39 is 23.2 Å². The molecule has 0 aliphatic carbocycles. The topological polar surface area (TPSA) is 98.9 Å². The van der Waals surface area contributed by atoms with Crippen LogP contribution in [0.3, 0.4) is 0 Å². The monoisotopic (exact) mass is 508 g/mol. The lowest BCUT2D eigenvalue weighted by molar-refractivity contribution is 0.0969. The van der Waals surface area contributed by atoms with Crippen LogP contribution >= 0.6 is 11.3 Å². The summed E-state index contributed by atoms with van der Waals surface area (Å²) in [4.78, 5) is 45.7. The molecule has 4 aromatic rings. The SMILES string of the molecule is CCOc1ccc(C2c3c(oc4ccc(F)cc4c3=O)C(=O)N2c2nc(C)c(C(C)=O)s2)cc1OC. The van der Waals surface area contributed by atoms with Crippen LogP contribution in [0.15, 0.2) is 45.6 Å². The minimum Gasteiger partial charge on any atom is -0.493 e. The lowest BCUT2D eigenvalue weighted by atomic mass is 9.98. The van der Waals surface area contributed by atoms with E-state index in [0.29, 0.717) is 34.2 Å². The number of carbonyl (C=O) groups is 2. The molecule has 184 valence electrons. The van der Waals surface area contributed by atoms with E-state index in [-0.39, 0.29) is 33.2 Å². The Kier molecular flexibility index (Phi) is 5.83. The summed E-state index contributed by atoms with van der Waals surface area (Å²) in [6.45, 7) is 5.36. The molecular weight excluding hydrogens is 487 g/mol. The van der Waals surface area contributed by atoms with Gasteiger partial charge < -0.3 is 13.9 Å². The van der Waals surface area contributed by atoms with E-state index in [1.165, 1.54) is 25.0 Å². The number of halogens is 1. The molecule has 0 N–H and O–H groups in total. The molecule has 2 aromatic heterocycles. The van der Waals surface area contributed by atoms with E-state index in [1.807, 2.05) is 6.92 Å². The van der Waals surface area contributed by atoms with Gasteiger partial charge in [-0.15, -0.1) is 0 Å². The number of hydrogen-bond donors (Lipinski definition) is 0. The van der Waals surface area contributed by atoms with Crippen molar-refractivity contribution in [2.45, 2.75) is 26.8 Å². The van der Waals surface area contributed by atoms with Crippen molar-refractivity contribution in [2.75, 3.05) is 18.6 Å². The van der Waals surface area contributed by atoms with Gasteiger partial charge in [0.2, 0.25) is 5.76 Å². The van der Waals surface area contributed by atoms with E-state index in [2.05, 4.69) is 4.98 Å². The number of carbonyl (C=O) groups excluding carboxylic acids is 2. The van der Waals surface area contributed by atoms with Crippen LogP contribution in [0.2, 0.25) is 0 Å². The van der Waals surface area contributed by atoms with Gasteiger partial charge in [-0.25, -0.2) is 9.37 Å². The molecule has 1 amide bonds. The maximum atomic E-state index is 14.0. The highest BCUT2D eigenvalue weighted by atomic mass is 32.1. The maximum Gasteiger partial charge on any atom is 0.297 e. The fourth-order valence-electron chi connectivity index (χ4n) is 4.40. The molecule has 8 nitrogen and oxygen atoms in total. The van der Waals surface area contributed by atoms with Crippen molar-refractivity contribution in [3.63, 3.8) is 0 Å². The van der Waals surface area contributed by atoms with Crippen LogP contribution in [0.5, 0.6) is 11.5 Å². The Hall–Kier alpha value is -4.05. The summed E-state index contributed by atoms with van der Waals surface area (Å²) in [5.74, 6) is -0.626. The summed E-state index contributed by atoms with van der Waals surface area (Å²) >= 11 is 1.06. The van der Waals surface area contributed by atoms with E-state index in [1.54, 1.807) is 25.1 Å². The second-order valence-electron chi connectivity index (χ2n) is 8.20. The van der Waals surface area contributed by atoms with Crippen LogP contribution in [0.4, 0.5) is 9.52 Å². The van der Waals surface area contributed by atoms with Crippen molar-refractivity contribution in [3.8, 4) is 11.5 Å². The summed E-state index contributed by atoms with van der Waals surface area (Å²) in [5.41, 5.74) is 0.627. The molecule has 0 saturated heterocycles. The van der Waals surface area contributed by atoms with Crippen molar-refractivity contribution in [2.24, 2.45) is 0 Å². The fraction of sp³-hybridized carbons (Fsp3) is 0.231. The number of anilines is 1. The summed E-state index contributed by atoms with van der Waals surface area (Å²) in [6.07, 6.45) is 0. The van der Waals surface area contributed by atoms with E-state index in [4.69, 9.17) is 13.9 Å². The zero-order valence-corrected chi connectivity index (χ0v) is 20.7. The molecule has 2 aromatic carbocycles. The predicted molar refractivity (Wildman–Crippen MR) is 132 cm³/mol. The quantitative estimate of drug-likeness (QED) is 0.336. The number of hydrogen-bond acceptors (Lipinski definition) is 8. The number of fused-ring (bicyclic) bond motifs is 2. The second kappa shape index (κ2) is 8.87. The number of aromatic nitrogens is 1. The number of benzene rings is 2. The van der Waals surface area contributed by atoms with Gasteiger partial charge in [0.05, 0.1) is 41.3 Å². The second-order valence-corrected chi connectivity index (χ2v) is 9.18. The molecule has 0 radical (unpaired) electrons. The average molecular weight is 509 g/mol. The smallest absolute Gasteiger partial charge is 0.297 e. The molecule has 36 heavy (non-hydrogen) atoms. The number of Topliss-reactive ketones (excluding diaryl/α,β-unsaturated/α-hetero) is 1. The molecule has 0 bridgehead atoms. The molecule has 0 saturated carbocycles. The highest BCUT2D eigenvalue weighted by Crippen LogP contribution is 2.44. The first-order valence-corrected chi connectivity index (χ1v) is 12.0. The third-order valence-electron chi connectivity index (χ3n) is 5.95.